The van der Waals surface area contributed by atoms with E-state index < -0.39 is 0 Å². The number of aliphatic hydroxyl groups is 1. The molecule has 1 aromatic rings. The van der Waals surface area contributed by atoms with E-state index in [4.69, 9.17) is 0 Å². The molecule has 0 saturated heterocycles. The maximum absolute atomic E-state index is 9.63. The van der Waals surface area contributed by atoms with Crippen LogP contribution in [0.4, 0.5) is 0 Å². The van der Waals surface area contributed by atoms with E-state index in [0.717, 1.165) is 12.3 Å². The SMILES string of the molecule is CC1C(O)CCC1CCc1cccs1. The van der Waals surface area contributed by atoms with Crippen molar-refractivity contribution in [2.75, 3.05) is 0 Å². The predicted octanol–water partition coefficient (Wildman–Crippen LogP) is 3.09. The van der Waals surface area contributed by atoms with Crippen molar-refractivity contribution in [1.82, 2.24) is 0 Å². The molecule has 0 aliphatic heterocycles. The van der Waals surface area contributed by atoms with Crippen molar-refractivity contribution in [3.63, 3.8) is 0 Å². The standard InChI is InChI=1S/C12H18OS/c1-9-10(5-7-12(9)13)4-6-11-3-2-8-14-11/h2-3,8-10,12-13H,4-7H2,1H3. The highest BCUT2D eigenvalue weighted by Crippen LogP contribution is 2.35. The summed E-state index contributed by atoms with van der Waals surface area (Å²) < 4.78 is 0. The van der Waals surface area contributed by atoms with Crippen molar-refractivity contribution in [3.05, 3.63) is 22.4 Å². The summed E-state index contributed by atoms with van der Waals surface area (Å²) in [4.78, 5) is 1.48. The van der Waals surface area contributed by atoms with Gasteiger partial charge in [-0.25, -0.2) is 0 Å². The van der Waals surface area contributed by atoms with Crippen LogP contribution in [-0.2, 0) is 6.42 Å². The maximum Gasteiger partial charge on any atom is 0.0568 e. The molecule has 1 aliphatic carbocycles. The number of rotatable bonds is 3. The van der Waals surface area contributed by atoms with E-state index in [9.17, 15) is 5.11 Å². The highest BCUT2D eigenvalue weighted by atomic mass is 32.1. The summed E-state index contributed by atoms with van der Waals surface area (Å²) in [6.07, 6.45) is 4.63. The van der Waals surface area contributed by atoms with E-state index in [0.29, 0.717) is 5.92 Å². The number of hydrogen-bond acceptors (Lipinski definition) is 2. The molecule has 1 aromatic heterocycles. The van der Waals surface area contributed by atoms with Crippen molar-refractivity contribution >= 4 is 11.3 Å². The Balaban J connectivity index is 1.81. The third-order valence-electron chi connectivity index (χ3n) is 3.53. The fraction of sp³-hybridized carbons (Fsp3) is 0.667. The Morgan fingerprint density at radius 2 is 2.36 bits per heavy atom. The van der Waals surface area contributed by atoms with E-state index in [1.165, 1.54) is 24.1 Å². The minimum atomic E-state index is -0.0386. The van der Waals surface area contributed by atoms with Crippen LogP contribution in [-0.4, -0.2) is 11.2 Å². The second-order valence-corrected chi connectivity index (χ2v) is 5.41. The predicted molar refractivity (Wildman–Crippen MR) is 60.5 cm³/mol. The summed E-state index contributed by atoms with van der Waals surface area (Å²) in [6, 6.07) is 4.33. The summed E-state index contributed by atoms with van der Waals surface area (Å²) in [5, 5.41) is 11.8. The molecular weight excluding hydrogens is 192 g/mol. The van der Waals surface area contributed by atoms with Gasteiger partial charge < -0.3 is 5.11 Å². The first-order valence-electron chi connectivity index (χ1n) is 5.48. The van der Waals surface area contributed by atoms with Gasteiger partial charge in [0.25, 0.3) is 0 Å². The second-order valence-electron chi connectivity index (χ2n) is 4.38. The maximum atomic E-state index is 9.63. The molecule has 0 bridgehead atoms. The molecule has 1 saturated carbocycles. The van der Waals surface area contributed by atoms with Gasteiger partial charge in [0.15, 0.2) is 0 Å². The van der Waals surface area contributed by atoms with Gasteiger partial charge in [0.2, 0.25) is 0 Å². The molecule has 0 radical (unpaired) electrons. The molecule has 2 rings (SSSR count). The van der Waals surface area contributed by atoms with Gasteiger partial charge in [0, 0.05) is 4.88 Å². The molecule has 1 heterocycles. The van der Waals surface area contributed by atoms with Crippen LogP contribution < -0.4 is 0 Å². The molecule has 1 nitrogen and oxygen atoms in total. The molecule has 0 amide bonds. The Bertz CT molecular complexity index is 268. The van der Waals surface area contributed by atoms with Gasteiger partial charge >= 0.3 is 0 Å². The van der Waals surface area contributed by atoms with Gasteiger partial charge in [-0.1, -0.05) is 13.0 Å². The third kappa shape index (κ3) is 2.18. The number of hydrogen-bond donors (Lipinski definition) is 1. The Labute approximate surface area is 89.8 Å². The lowest BCUT2D eigenvalue weighted by Gasteiger charge is -2.16. The largest absolute Gasteiger partial charge is 0.393 e. The average Bonchev–Trinajstić information content (AvgIpc) is 2.77. The van der Waals surface area contributed by atoms with Crippen LogP contribution in [0, 0.1) is 11.8 Å². The summed E-state index contributed by atoms with van der Waals surface area (Å²) in [5.41, 5.74) is 0. The van der Waals surface area contributed by atoms with Crippen molar-refractivity contribution in [3.8, 4) is 0 Å². The zero-order valence-electron chi connectivity index (χ0n) is 8.65. The Morgan fingerprint density at radius 1 is 1.50 bits per heavy atom. The Hall–Kier alpha value is -0.340. The molecule has 3 atom stereocenters. The molecule has 1 N–H and O–H groups in total. The summed E-state index contributed by atoms with van der Waals surface area (Å²) in [7, 11) is 0. The third-order valence-corrected chi connectivity index (χ3v) is 4.46. The monoisotopic (exact) mass is 210 g/mol. The summed E-state index contributed by atoms with van der Waals surface area (Å²) in [6.45, 7) is 2.19. The quantitative estimate of drug-likeness (QED) is 0.813. The lowest BCUT2D eigenvalue weighted by atomic mass is 9.92. The lowest BCUT2D eigenvalue weighted by molar-refractivity contribution is 0.126. The highest BCUT2D eigenvalue weighted by molar-refractivity contribution is 7.09. The fourth-order valence-electron chi connectivity index (χ4n) is 2.41. The first-order valence-corrected chi connectivity index (χ1v) is 6.36. The van der Waals surface area contributed by atoms with Gasteiger partial charge in [-0.3, -0.25) is 0 Å². The van der Waals surface area contributed by atoms with E-state index in [-0.39, 0.29) is 6.10 Å². The van der Waals surface area contributed by atoms with Crippen LogP contribution >= 0.6 is 11.3 Å². The zero-order chi connectivity index (χ0) is 9.97. The van der Waals surface area contributed by atoms with Crippen molar-refractivity contribution in [2.45, 2.75) is 38.7 Å². The van der Waals surface area contributed by atoms with Crippen molar-refractivity contribution in [1.29, 1.82) is 0 Å². The first-order chi connectivity index (χ1) is 6.77. The van der Waals surface area contributed by atoms with Crippen molar-refractivity contribution < 1.29 is 5.11 Å². The van der Waals surface area contributed by atoms with Crippen LogP contribution in [0.15, 0.2) is 17.5 Å². The molecule has 0 aromatic carbocycles. The van der Waals surface area contributed by atoms with Gasteiger partial charge in [-0.05, 0) is 49.0 Å². The Kier molecular flexibility index (Phi) is 3.24. The van der Waals surface area contributed by atoms with Crippen molar-refractivity contribution in [2.24, 2.45) is 11.8 Å². The molecular formula is C12H18OS. The van der Waals surface area contributed by atoms with Crippen LogP contribution in [0.5, 0.6) is 0 Å². The molecule has 1 aliphatic rings. The van der Waals surface area contributed by atoms with Crippen LogP contribution in [0.2, 0.25) is 0 Å². The fourth-order valence-corrected chi connectivity index (χ4v) is 3.14. The van der Waals surface area contributed by atoms with E-state index in [1.54, 1.807) is 0 Å². The van der Waals surface area contributed by atoms with Gasteiger partial charge in [0.05, 0.1) is 6.10 Å². The number of aryl methyl sites for hydroxylation is 1. The zero-order valence-corrected chi connectivity index (χ0v) is 9.46. The highest BCUT2D eigenvalue weighted by Gasteiger charge is 2.30. The topological polar surface area (TPSA) is 20.2 Å². The van der Waals surface area contributed by atoms with Gasteiger partial charge in [-0.15, -0.1) is 11.3 Å². The molecule has 1 fully saturated rings. The van der Waals surface area contributed by atoms with E-state index in [2.05, 4.69) is 24.4 Å². The second kappa shape index (κ2) is 4.45. The van der Waals surface area contributed by atoms with Crippen LogP contribution in [0.3, 0.4) is 0 Å². The molecule has 2 heteroatoms. The van der Waals surface area contributed by atoms with Crippen LogP contribution in [0.1, 0.15) is 31.1 Å². The Morgan fingerprint density at radius 3 is 2.93 bits per heavy atom. The van der Waals surface area contributed by atoms with E-state index >= 15 is 0 Å². The smallest absolute Gasteiger partial charge is 0.0568 e. The minimum absolute atomic E-state index is 0.0386. The molecule has 3 unspecified atom stereocenters. The molecule has 78 valence electrons. The minimum Gasteiger partial charge on any atom is -0.393 e. The molecule has 0 spiro atoms. The summed E-state index contributed by atoms with van der Waals surface area (Å²) >= 11 is 1.85. The molecule has 14 heavy (non-hydrogen) atoms. The van der Waals surface area contributed by atoms with Gasteiger partial charge in [-0.2, -0.15) is 0 Å². The lowest BCUT2D eigenvalue weighted by Crippen LogP contribution is -2.15. The normalized spacial score (nSPS) is 32.3. The average molecular weight is 210 g/mol. The first kappa shape index (κ1) is 10.2. The van der Waals surface area contributed by atoms with E-state index in [1.807, 2.05) is 11.3 Å². The van der Waals surface area contributed by atoms with Gasteiger partial charge in [0.1, 0.15) is 0 Å². The summed E-state index contributed by atoms with van der Waals surface area (Å²) in [5.74, 6) is 1.25. The van der Waals surface area contributed by atoms with Crippen LogP contribution in [0.25, 0.3) is 0 Å². The number of aliphatic hydroxyl groups excluding tert-OH is 1. The number of thiophene rings is 1.